The van der Waals surface area contributed by atoms with Crippen LogP contribution in [-0.4, -0.2) is 37.4 Å². The third-order valence-corrected chi connectivity index (χ3v) is 3.38. The van der Waals surface area contributed by atoms with E-state index in [-0.39, 0.29) is 17.1 Å². The largest absolute Gasteiger partial charge is 0.426 e. The predicted octanol–water partition coefficient (Wildman–Crippen LogP) is 1.87. The minimum atomic E-state index is -0.642. The quantitative estimate of drug-likeness (QED) is 0.385. The van der Waals surface area contributed by atoms with Gasteiger partial charge in [0.15, 0.2) is 5.75 Å². The van der Waals surface area contributed by atoms with Crippen LogP contribution in [0.2, 0.25) is 0 Å². The fourth-order valence-electron chi connectivity index (χ4n) is 2.10. The van der Waals surface area contributed by atoms with Crippen LogP contribution in [0.5, 0.6) is 11.5 Å². The summed E-state index contributed by atoms with van der Waals surface area (Å²) in [5, 5.41) is 8.43. The van der Waals surface area contributed by atoms with Crippen molar-refractivity contribution in [3.8, 4) is 17.2 Å². The van der Waals surface area contributed by atoms with Crippen molar-refractivity contribution in [3.63, 3.8) is 0 Å². The van der Waals surface area contributed by atoms with E-state index in [1.54, 1.807) is 36.4 Å². The average molecular weight is 419 g/mol. The van der Waals surface area contributed by atoms with E-state index < -0.39 is 22.9 Å². The van der Waals surface area contributed by atoms with E-state index in [0.29, 0.717) is 5.69 Å². The van der Waals surface area contributed by atoms with Crippen molar-refractivity contribution in [1.82, 2.24) is 20.2 Å². The summed E-state index contributed by atoms with van der Waals surface area (Å²) in [6.07, 6.45) is 0. The Balaban J connectivity index is 0.000000212. The molecule has 0 radical (unpaired) electrons. The summed E-state index contributed by atoms with van der Waals surface area (Å²) in [5.74, 6) is -0.504. The van der Waals surface area contributed by atoms with Crippen LogP contribution in [0.3, 0.4) is 0 Å². The molecule has 0 saturated heterocycles. The summed E-state index contributed by atoms with van der Waals surface area (Å²) < 4.78 is 10.7. The molecule has 2 aromatic carbocycles. The number of esters is 2. The van der Waals surface area contributed by atoms with Crippen molar-refractivity contribution >= 4 is 28.8 Å². The molecule has 150 valence electrons. The van der Waals surface area contributed by atoms with Crippen molar-refractivity contribution in [2.45, 2.75) is 13.8 Å². The van der Waals surface area contributed by atoms with Crippen molar-refractivity contribution < 1.29 is 23.9 Å². The first-order chi connectivity index (χ1) is 13.8. The first kappa shape index (κ1) is 21.5. The van der Waals surface area contributed by atoms with Gasteiger partial charge in [-0.15, -0.1) is 0 Å². The van der Waals surface area contributed by atoms with Gasteiger partial charge in [0.05, 0.1) is 5.56 Å². The molecule has 0 atom stereocenters. The van der Waals surface area contributed by atoms with E-state index in [1.165, 1.54) is 26.0 Å². The molecule has 0 aliphatic carbocycles. The second-order valence-corrected chi connectivity index (χ2v) is 5.69. The van der Waals surface area contributed by atoms with Crippen molar-refractivity contribution in [2.75, 3.05) is 0 Å². The Bertz CT molecular complexity index is 1090. The number of aromatic nitrogens is 4. The van der Waals surface area contributed by atoms with E-state index in [2.05, 4.69) is 15.5 Å². The molecule has 3 aromatic rings. The number of benzene rings is 2. The van der Waals surface area contributed by atoms with Crippen LogP contribution < -0.4 is 15.2 Å². The summed E-state index contributed by atoms with van der Waals surface area (Å²) in [6, 6.07) is 12.9. The highest BCUT2D eigenvalue weighted by Gasteiger charge is 2.11. The number of para-hydroxylation sites is 3. The van der Waals surface area contributed by atoms with Gasteiger partial charge in [-0.05, 0) is 46.3 Å². The van der Waals surface area contributed by atoms with Crippen molar-refractivity contribution in [2.24, 2.45) is 0 Å². The molecule has 0 amide bonds. The maximum Gasteiger partial charge on any atom is 0.365 e. The Kier molecular flexibility index (Phi) is 7.38. The molecule has 3 rings (SSSR count). The molecule has 29 heavy (non-hydrogen) atoms. The molecule has 0 spiro atoms. The number of tetrazole rings is 1. The third kappa shape index (κ3) is 6.11. The highest BCUT2D eigenvalue weighted by Crippen LogP contribution is 2.20. The number of halogens is 1. The van der Waals surface area contributed by atoms with Gasteiger partial charge in [0.2, 0.25) is 0 Å². The van der Waals surface area contributed by atoms with Gasteiger partial charge in [-0.2, -0.15) is 4.68 Å². The van der Waals surface area contributed by atoms with Crippen molar-refractivity contribution in [1.29, 1.82) is 0 Å². The van der Waals surface area contributed by atoms with Crippen LogP contribution in [0, 0.1) is 0 Å². The number of aromatic amines is 1. The molecular formula is C18H15ClN4O6. The summed E-state index contributed by atoms with van der Waals surface area (Å²) in [6.45, 7) is 2.54. The van der Waals surface area contributed by atoms with Gasteiger partial charge >= 0.3 is 17.6 Å². The van der Waals surface area contributed by atoms with Gasteiger partial charge < -0.3 is 9.47 Å². The molecule has 11 heteroatoms. The summed E-state index contributed by atoms with van der Waals surface area (Å²) in [5.41, 5.74) is 0.0513. The number of hydrogen-bond acceptors (Lipinski definition) is 8. The van der Waals surface area contributed by atoms with E-state index >= 15 is 0 Å². The zero-order valence-corrected chi connectivity index (χ0v) is 16.0. The molecule has 0 saturated carbocycles. The Morgan fingerprint density at radius 1 is 0.931 bits per heavy atom. The lowest BCUT2D eigenvalue weighted by Gasteiger charge is -2.06. The molecule has 1 aromatic heterocycles. The van der Waals surface area contributed by atoms with Gasteiger partial charge in [-0.3, -0.25) is 14.4 Å². The lowest BCUT2D eigenvalue weighted by Crippen LogP contribution is -2.17. The Morgan fingerprint density at radius 3 is 2.03 bits per heavy atom. The van der Waals surface area contributed by atoms with Crippen molar-refractivity contribution in [3.05, 3.63) is 64.6 Å². The van der Waals surface area contributed by atoms with Gasteiger partial charge in [0, 0.05) is 13.8 Å². The molecule has 0 bridgehead atoms. The lowest BCUT2D eigenvalue weighted by molar-refractivity contribution is -0.132. The molecule has 0 fully saturated rings. The van der Waals surface area contributed by atoms with Crippen LogP contribution in [-0.2, 0) is 9.59 Å². The molecule has 1 heterocycles. The standard InChI is InChI=1S/C9H7ClO3.C9H8N4O3/c1-6(11)13-8-5-3-2-4-7(8)9(10)12;1-6(14)16-8-5-3-2-4-7(8)13-9(15)10-11-12-13/h2-5H,1H3;2-5H,1H3,(H,10,12,15). The van der Waals surface area contributed by atoms with Gasteiger partial charge in [0.25, 0.3) is 5.24 Å². The fraction of sp³-hybridized carbons (Fsp3) is 0.111. The van der Waals surface area contributed by atoms with Gasteiger partial charge in [-0.25, -0.2) is 9.89 Å². The predicted molar refractivity (Wildman–Crippen MR) is 101 cm³/mol. The van der Waals surface area contributed by atoms with Crippen LogP contribution in [0.25, 0.3) is 5.69 Å². The normalized spacial score (nSPS) is 9.76. The van der Waals surface area contributed by atoms with E-state index in [9.17, 15) is 19.2 Å². The Morgan fingerprint density at radius 2 is 1.48 bits per heavy atom. The lowest BCUT2D eigenvalue weighted by atomic mass is 10.2. The van der Waals surface area contributed by atoms with Gasteiger partial charge in [-0.1, -0.05) is 24.3 Å². The molecule has 0 aliphatic rings. The Labute approximate surface area is 169 Å². The number of nitrogens with zero attached hydrogens (tertiary/aromatic N) is 3. The third-order valence-electron chi connectivity index (χ3n) is 3.17. The van der Waals surface area contributed by atoms with Crippen LogP contribution in [0.15, 0.2) is 53.3 Å². The average Bonchev–Trinajstić information content (AvgIpc) is 3.08. The molecule has 0 aliphatic heterocycles. The number of rotatable bonds is 4. The molecule has 10 nitrogen and oxygen atoms in total. The van der Waals surface area contributed by atoms with E-state index in [1.807, 2.05) is 0 Å². The highest BCUT2D eigenvalue weighted by molar-refractivity contribution is 6.68. The number of nitrogens with one attached hydrogen (secondary N) is 1. The molecule has 0 unspecified atom stereocenters. The summed E-state index contributed by atoms with van der Waals surface area (Å²) >= 11 is 5.26. The first-order valence-electron chi connectivity index (χ1n) is 8.05. The maximum atomic E-state index is 11.3. The summed E-state index contributed by atoms with van der Waals surface area (Å²) in [7, 11) is 0. The van der Waals surface area contributed by atoms with Crippen LogP contribution >= 0.6 is 11.6 Å². The topological polar surface area (TPSA) is 133 Å². The number of carbonyl (C=O) groups is 3. The van der Waals surface area contributed by atoms with Crippen LogP contribution in [0.4, 0.5) is 0 Å². The summed E-state index contributed by atoms with van der Waals surface area (Å²) in [4.78, 5) is 43.6. The molecule has 1 N–H and O–H groups in total. The first-order valence-corrected chi connectivity index (χ1v) is 8.43. The zero-order valence-electron chi connectivity index (χ0n) is 15.3. The number of carbonyl (C=O) groups excluding carboxylic acids is 3. The van der Waals surface area contributed by atoms with Gasteiger partial charge in [0.1, 0.15) is 11.4 Å². The SMILES string of the molecule is CC(=O)Oc1ccccc1-n1nn[nH]c1=O.CC(=O)Oc1ccccc1C(=O)Cl. The maximum absolute atomic E-state index is 11.3. The number of hydrogen-bond donors (Lipinski definition) is 1. The van der Waals surface area contributed by atoms with E-state index in [4.69, 9.17) is 21.1 Å². The minimum Gasteiger partial charge on any atom is -0.426 e. The number of ether oxygens (including phenoxy) is 2. The smallest absolute Gasteiger partial charge is 0.365 e. The molecular weight excluding hydrogens is 404 g/mol. The number of H-pyrrole nitrogens is 1. The second kappa shape index (κ2) is 9.95. The van der Waals surface area contributed by atoms with Crippen LogP contribution in [0.1, 0.15) is 24.2 Å². The second-order valence-electron chi connectivity index (χ2n) is 5.34. The monoisotopic (exact) mass is 418 g/mol. The minimum absolute atomic E-state index is 0.190. The fourth-order valence-corrected chi connectivity index (χ4v) is 2.26. The zero-order chi connectivity index (χ0) is 21.4. The van der Waals surface area contributed by atoms with E-state index in [0.717, 1.165) is 4.68 Å². The highest BCUT2D eigenvalue weighted by atomic mass is 35.5. The Hall–Kier alpha value is -3.79.